The maximum Gasteiger partial charge on any atom is 0.229 e. The molecule has 1 aliphatic carbocycles. The number of hydrogen-bond donors (Lipinski definition) is 2. The van der Waals surface area contributed by atoms with Crippen LogP contribution in [-0.2, 0) is 4.79 Å². The Kier molecular flexibility index (Phi) is 4.12. The Hall–Kier alpha value is -0.940. The van der Waals surface area contributed by atoms with E-state index in [1.807, 2.05) is 6.07 Å². The Bertz CT molecular complexity index is 410. The quantitative estimate of drug-likeness (QED) is 0.823. The lowest BCUT2D eigenvalue weighted by molar-refractivity contribution is -0.121. The van der Waals surface area contributed by atoms with Crippen LogP contribution < -0.4 is 11.1 Å². The molecule has 5 heteroatoms. The normalized spacial score (nSPS) is 24.4. The first-order valence-corrected chi connectivity index (χ1v) is 6.65. The summed E-state index contributed by atoms with van der Waals surface area (Å²) in [6.07, 6.45) is 5.70. The van der Waals surface area contributed by atoms with Gasteiger partial charge < -0.3 is 11.1 Å². The predicted octanol–water partition coefficient (Wildman–Crippen LogP) is 2.30. The molecule has 2 rings (SSSR count). The van der Waals surface area contributed by atoms with E-state index in [0.29, 0.717) is 10.3 Å². The summed E-state index contributed by atoms with van der Waals surface area (Å²) in [7, 11) is 0. The van der Waals surface area contributed by atoms with Crippen molar-refractivity contribution in [2.45, 2.75) is 31.7 Å². The van der Waals surface area contributed by atoms with Crippen molar-refractivity contribution >= 4 is 27.5 Å². The maximum absolute atomic E-state index is 12.1. The van der Waals surface area contributed by atoms with Crippen molar-refractivity contribution in [2.75, 3.05) is 5.32 Å². The molecular formula is C12H16BrN3O. The number of amides is 1. The summed E-state index contributed by atoms with van der Waals surface area (Å²) in [6.45, 7) is 0. The molecule has 1 aromatic rings. The van der Waals surface area contributed by atoms with Gasteiger partial charge in [0.2, 0.25) is 5.91 Å². The van der Waals surface area contributed by atoms with Crippen LogP contribution in [0.5, 0.6) is 0 Å². The van der Waals surface area contributed by atoms with Crippen LogP contribution in [0.25, 0.3) is 0 Å². The smallest absolute Gasteiger partial charge is 0.229 e. The van der Waals surface area contributed by atoms with Gasteiger partial charge in [0.1, 0.15) is 4.60 Å². The third-order valence-electron chi connectivity index (χ3n) is 3.17. The van der Waals surface area contributed by atoms with Crippen molar-refractivity contribution in [3.63, 3.8) is 0 Å². The lowest BCUT2D eigenvalue weighted by atomic mass is 9.84. The van der Waals surface area contributed by atoms with E-state index in [2.05, 4.69) is 26.2 Å². The minimum absolute atomic E-state index is 0.00546. The average molecular weight is 298 g/mol. The van der Waals surface area contributed by atoms with Crippen LogP contribution >= 0.6 is 15.9 Å². The summed E-state index contributed by atoms with van der Waals surface area (Å²) >= 11 is 3.31. The zero-order valence-electron chi connectivity index (χ0n) is 9.53. The van der Waals surface area contributed by atoms with E-state index in [1.54, 1.807) is 12.3 Å². The van der Waals surface area contributed by atoms with Crippen LogP contribution in [0.1, 0.15) is 25.7 Å². The zero-order valence-corrected chi connectivity index (χ0v) is 11.1. The van der Waals surface area contributed by atoms with Crippen molar-refractivity contribution in [1.82, 2.24) is 4.98 Å². The first-order valence-electron chi connectivity index (χ1n) is 5.85. The summed E-state index contributed by atoms with van der Waals surface area (Å²) in [5.41, 5.74) is 6.69. The van der Waals surface area contributed by atoms with Gasteiger partial charge in [-0.15, -0.1) is 0 Å². The van der Waals surface area contributed by atoms with Gasteiger partial charge in [-0.3, -0.25) is 4.79 Å². The fourth-order valence-electron chi connectivity index (χ4n) is 2.19. The average Bonchev–Trinajstić information content (AvgIpc) is 2.32. The number of halogens is 1. The molecule has 0 aliphatic heterocycles. The van der Waals surface area contributed by atoms with E-state index in [-0.39, 0.29) is 17.9 Å². The van der Waals surface area contributed by atoms with Gasteiger partial charge in [0.25, 0.3) is 0 Å². The van der Waals surface area contributed by atoms with Crippen LogP contribution in [0.2, 0.25) is 0 Å². The first kappa shape index (κ1) is 12.5. The Labute approximate surface area is 109 Å². The summed E-state index contributed by atoms with van der Waals surface area (Å²) in [5, 5.41) is 2.88. The molecule has 1 heterocycles. The highest BCUT2D eigenvalue weighted by Crippen LogP contribution is 2.25. The Morgan fingerprint density at radius 2 is 2.24 bits per heavy atom. The molecule has 4 nitrogen and oxygen atoms in total. The van der Waals surface area contributed by atoms with Gasteiger partial charge in [0.05, 0.1) is 11.6 Å². The van der Waals surface area contributed by atoms with Crippen LogP contribution in [0.4, 0.5) is 5.69 Å². The molecule has 0 aromatic carbocycles. The molecule has 2 atom stereocenters. The molecule has 0 saturated heterocycles. The Morgan fingerprint density at radius 1 is 1.47 bits per heavy atom. The van der Waals surface area contributed by atoms with Crippen molar-refractivity contribution < 1.29 is 4.79 Å². The molecule has 0 bridgehead atoms. The monoisotopic (exact) mass is 297 g/mol. The van der Waals surface area contributed by atoms with Gasteiger partial charge in [-0.2, -0.15) is 0 Å². The van der Waals surface area contributed by atoms with E-state index in [4.69, 9.17) is 5.73 Å². The molecular weight excluding hydrogens is 282 g/mol. The van der Waals surface area contributed by atoms with Gasteiger partial charge in [0.15, 0.2) is 0 Å². The highest BCUT2D eigenvalue weighted by molar-refractivity contribution is 9.10. The largest absolute Gasteiger partial charge is 0.327 e. The molecule has 1 saturated carbocycles. The second-order valence-corrected chi connectivity index (χ2v) is 5.14. The second kappa shape index (κ2) is 5.60. The van der Waals surface area contributed by atoms with Crippen LogP contribution in [0.15, 0.2) is 22.9 Å². The van der Waals surface area contributed by atoms with Gasteiger partial charge in [0, 0.05) is 12.2 Å². The predicted molar refractivity (Wildman–Crippen MR) is 70.5 cm³/mol. The van der Waals surface area contributed by atoms with Crippen molar-refractivity contribution in [1.29, 1.82) is 0 Å². The number of rotatable bonds is 2. The molecule has 1 fully saturated rings. The van der Waals surface area contributed by atoms with Crippen molar-refractivity contribution in [2.24, 2.45) is 11.7 Å². The molecule has 0 radical (unpaired) electrons. The number of nitrogens with one attached hydrogen (secondary N) is 1. The van der Waals surface area contributed by atoms with E-state index in [1.165, 1.54) is 0 Å². The van der Waals surface area contributed by atoms with Gasteiger partial charge in [-0.1, -0.05) is 12.8 Å². The van der Waals surface area contributed by atoms with Gasteiger partial charge in [-0.25, -0.2) is 4.98 Å². The summed E-state index contributed by atoms with van der Waals surface area (Å²) in [4.78, 5) is 16.2. The molecule has 3 N–H and O–H groups in total. The van der Waals surface area contributed by atoms with E-state index < -0.39 is 0 Å². The highest BCUT2D eigenvalue weighted by Gasteiger charge is 2.28. The zero-order chi connectivity index (χ0) is 12.3. The molecule has 92 valence electrons. The number of hydrogen-bond acceptors (Lipinski definition) is 3. The van der Waals surface area contributed by atoms with Crippen molar-refractivity contribution in [3.8, 4) is 0 Å². The molecule has 1 aromatic heterocycles. The maximum atomic E-state index is 12.1. The lowest BCUT2D eigenvalue weighted by Gasteiger charge is -2.27. The Morgan fingerprint density at radius 3 is 2.94 bits per heavy atom. The van der Waals surface area contributed by atoms with Crippen LogP contribution in [0.3, 0.4) is 0 Å². The Balaban J connectivity index is 2.03. The summed E-state index contributed by atoms with van der Waals surface area (Å²) < 4.78 is 0.651. The highest BCUT2D eigenvalue weighted by atomic mass is 79.9. The fourth-order valence-corrected chi connectivity index (χ4v) is 2.54. The molecule has 0 spiro atoms. The molecule has 17 heavy (non-hydrogen) atoms. The number of nitrogens with zero attached hydrogens (tertiary/aromatic N) is 1. The van der Waals surface area contributed by atoms with E-state index >= 15 is 0 Å². The van der Waals surface area contributed by atoms with Crippen molar-refractivity contribution in [3.05, 3.63) is 22.9 Å². The van der Waals surface area contributed by atoms with Crippen LogP contribution in [-0.4, -0.2) is 16.9 Å². The third-order valence-corrected chi connectivity index (χ3v) is 3.81. The second-order valence-electron chi connectivity index (χ2n) is 4.39. The summed E-state index contributed by atoms with van der Waals surface area (Å²) in [6, 6.07) is 3.60. The number of pyridine rings is 1. The van der Waals surface area contributed by atoms with Crippen LogP contribution in [0, 0.1) is 5.92 Å². The first-order chi connectivity index (χ1) is 8.18. The molecule has 1 aliphatic rings. The van der Waals surface area contributed by atoms with Gasteiger partial charge in [-0.05, 0) is 40.9 Å². The molecule has 1 amide bonds. The number of anilines is 1. The fraction of sp³-hybridized carbons (Fsp3) is 0.500. The molecule has 2 unspecified atom stereocenters. The standard InChI is InChI=1S/C12H16BrN3O/c13-11-10(6-3-7-15-11)16-12(17)8-4-1-2-5-9(8)14/h3,6-9H,1-2,4-5,14H2,(H,16,17). The topological polar surface area (TPSA) is 68.0 Å². The minimum Gasteiger partial charge on any atom is -0.327 e. The number of aromatic nitrogens is 1. The SMILES string of the molecule is NC1CCCCC1C(=O)Nc1cccnc1Br. The number of carbonyl (C=O) groups is 1. The lowest BCUT2D eigenvalue weighted by Crippen LogP contribution is -2.40. The van der Waals surface area contributed by atoms with E-state index in [0.717, 1.165) is 25.7 Å². The van der Waals surface area contributed by atoms with E-state index in [9.17, 15) is 4.79 Å². The number of carbonyl (C=O) groups excluding carboxylic acids is 1. The third kappa shape index (κ3) is 3.04. The van der Waals surface area contributed by atoms with Gasteiger partial charge >= 0.3 is 0 Å². The summed E-state index contributed by atoms with van der Waals surface area (Å²) in [5.74, 6) is -0.0678. The number of nitrogens with two attached hydrogens (primary N) is 1. The minimum atomic E-state index is -0.0733.